The second-order valence-electron chi connectivity index (χ2n) is 5.19. The summed E-state index contributed by atoms with van der Waals surface area (Å²) in [7, 11) is 1.81. The fourth-order valence-electron chi connectivity index (χ4n) is 2.75. The molecule has 0 spiro atoms. The van der Waals surface area contributed by atoms with Crippen LogP contribution < -0.4 is 5.43 Å². The van der Waals surface area contributed by atoms with Gasteiger partial charge in [0.25, 0.3) is 0 Å². The summed E-state index contributed by atoms with van der Waals surface area (Å²) in [6, 6.07) is 2.03. The van der Waals surface area contributed by atoms with Crippen molar-refractivity contribution in [1.82, 2.24) is 10.4 Å². The number of rotatable bonds is 3. The van der Waals surface area contributed by atoms with Gasteiger partial charge in [0.2, 0.25) is 0 Å². The van der Waals surface area contributed by atoms with Crippen molar-refractivity contribution >= 4 is 0 Å². The van der Waals surface area contributed by atoms with Gasteiger partial charge in [-0.3, -0.25) is 5.43 Å². The Morgan fingerprint density at radius 1 is 1.13 bits per heavy atom. The molecular weight excluding hydrogens is 188 g/mol. The van der Waals surface area contributed by atoms with Crippen molar-refractivity contribution in [2.24, 2.45) is 0 Å². The second-order valence-corrected chi connectivity index (χ2v) is 5.19. The maximum Gasteiger partial charge on any atom is 0.0602 e. The Balaban J connectivity index is 1.78. The van der Waals surface area contributed by atoms with Crippen molar-refractivity contribution in [1.29, 1.82) is 0 Å². The first-order chi connectivity index (χ1) is 7.20. The maximum atomic E-state index is 5.30. The lowest BCUT2D eigenvalue weighted by Crippen LogP contribution is -2.59. The lowest BCUT2D eigenvalue weighted by molar-refractivity contribution is -0.0398. The summed E-state index contributed by atoms with van der Waals surface area (Å²) >= 11 is 0. The van der Waals surface area contributed by atoms with E-state index in [9.17, 15) is 0 Å². The quantitative estimate of drug-likeness (QED) is 0.773. The van der Waals surface area contributed by atoms with Gasteiger partial charge in [0.15, 0.2) is 0 Å². The van der Waals surface area contributed by atoms with E-state index >= 15 is 0 Å². The molecule has 1 aliphatic heterocycles. The SMILES string of the molecule is COC1CC(NN2C(C)CCCC2C)C1. The number of hydrazine groups is 1. The average Bonchev–Trinajstić information content (AvgIpc) is 2.14. The smallest absolute Gasteiger partial charge is 0.0602 e. The van der Waals surface area contributed by atoms with Gasteiger partial charge in [-0.25, -0.2) is 5.01 Å². The van der Waals surface area contributed by atoms with Crippen LogP contribution in [-0.4, -0.2) is 36.3 Å². The zero-order chi connectivity index (χ0) is 10.8. The van der Waals surface area contributed by atoms with Crippen LogP contribution in [0.25, 0.3) is 0 Å². The van der Waals surface area contributed by atoms with Crippen LogP contribution in [0.4, 0.5) is 0 Å². The molecule has 0 aromatic rings. The molecule has 1 aliphatic carbocycles. The van der Waals surface area contributed by atoms with Gasteiger partial charge in [-0.15, -0.1) is 0 Å². The Morgan fingerprint density at radius 3 is 2.27 bits per heavy atom. The highest BCUT2D eigenvalue weighted by Gasteiger charge is 2.33. The number of piperidine rings is 1. The third kappa shape index (κ3) is 2.52. The fourth-order valence-corrected chi connectivity index (χ4v) is 2.75. The van der Waals surface area contributed by atoms with Gasteiger partial charge in [-0.05, 0) is 39.5 Å². The molecule has 2 atom stereocenters. The van der Waals surface area contributed by atoms with Gasteiger partial charge in [0.1, 0.15) is 0 Å². The van der Waals surface area contributed by atoms with Crippen molar-refractivity contribution in [2.45, 2.75) is 70.2 Å². The summed E-state index contributed by atoms with van der Waals surface area (Å²) in [5, 5.41) is 2.47. The van der Waals surface area contributed by atoms with E-state index in [1.807, 2.05) is 7.11 Å². The summed E-state index contributed by atoms with van der Waals surface area (Å²) in [4.78, 5) is 0. The predicted octanol–water partition coefficient (Wildman–Crippen LogP) is 1.93. The van der Waals surface area contributed by atoms with Crippen LogP contribution in [0.1, 0.15) is 46.0 Å². The van der Waals surface area contributed by atoms with Gasteiger partial charge in [-0.2, -0.15) is 0 Å². The molecule has 3 heteroatoms. The van der Waals surface area contributed by atoms with Crippen molar-refractivity contribution in [3.8, 4) is 0 Å². The Labute approximate surface area is 93.1 Å². The summed E-state index contributed by atoms with van der Waals surface area (Å²) in [5.41, 5.74) is 3.67. The molecule has 1 heterocycles. The monoisotopic (exact) mass is 212 g/mol. The van der Waals surface area contributed by atoms with Crippen LogP contribution in [0, 0.1) is 0 Å². The van der Waals surface area contributed by atoms with Gasteiger partial charge < -0.3 is 4.74 Å². The van der Waals surface area contributed by atoms with Crippen molar-refractivity contribution in [2.75, 3.05) is 7.11 Å². The highest BCUT2D eigenvalue weighted by atomic mass is 16.5. The summed E-state index contributed by atoms with van der Waals surface area (Å²) in [6.07, 6.45) is 6.89. The Bertz CT molecular complexity index is 194. The molecule has 0 bridgehead atoms. The van der Waals surface area contributed by atoms with Crippen LogP contribution in [0.15, 0.2) is 0 Å². The molecule has 2 rings (SSSR count). The standard InChI is InChI=1S/C12H24N2O/c1-9-5-4-6-10(2)14(9)13-11-7-12(8-11)15-3/h9-13H,4-8H2,1-3H3. The first-order valence-electron chi connectivity index (χ1n) is 6.28. The molecule has 3 nitrogen and oxygen atoms in total. The van der Waals surface area contributed by atoms with Gasteiger partial charge >= 0.3 is 0 Å². The number of hydrogen-bond acceptors (Lipinski definition) is 3. The highest BCUT2D eigenvalue weighted by molar-refractivity contribution is 4.87. The molecule has 0 aromatic carbocycles. The van der Waals surface area contributed by atoms with Gasteiger partial charge in [0, 0.05) is 25.2 Å². The molecule has 1 saturated heterocycles. The number of methoxy groups -OCH3 is 1. The molecule has 1 saturated carbocycles. The lowest BCUT2D eigenvalue weighted by atomic mass is 9.89. The average molecular weight is 212 g/mol. The Morgan fingerprint density at radius 2 is 1.73 bits per heavy atom. The molecule has 88 valence electrons. The van der Waals surface area contributed by atoms with Gasteiger partial charge in [-0.1, -0.05) is 6.42 Å². The van der Waals surface area contributed by atoms with Crippen LogP contribution in [-0.2, 0) is 4.74 Å². The number of nitrogens with zero attached hydrogens (tertiary/aromatic N) is 1. The van der Waals surface area contributed by atoms with E-state index in [-0.39, 0.29) is 0 Å². The van der Waals surface area contributed by atoms with Crippen molar-refractivity contribution < 1.29 is 4.74 Å². The molecule has 0 aromatic heterocycles. The minimum Gasteiger partial charge on any atom is -0.381 e. The second kappa shape index (κ2) is 4.81. The van der Waals surface area contributed by atoms with E-state index in [1.54, 1.807) is 0 Å². The first-order valence-corrected chi connectivity index (χ1v) is 6.28. The summed E-state index contributed by atoms with van der Waals surface area (Å²) < 4.78 is 5.30. The van der Waals surface area contributed by atoms with Crippen LogP contribution in [0.2, 0.25) is 0 Å². The van der Waals surface area contributed by atoms with Crippen LogP contribution >= 0.6 is 0 Å². The van der Waals surface area contributed by atoms with Crippen LogP contribution in [0.5, 0.6) is 0 Å². The Kier molecular flexibility index (Phi) is 3.65. The molecule has 15 heavy (non-hydrogen) atoms. The number of hydrogen-bond donors (Lipinski definition) is 1. The van der Waals surface area contributed by atoms with Crippen molar-refractivity contribution in [3.05, 3.63) is 0 Å². The topological polar surface area (TPSA) is 24.5 Å². The van der Waals surface area contributed by atoms with Gasteiger partial charge in [0.05, 0.1) is 6.10 Å². The highest BCUT2D eigenvalue weighted by Crippen LogP contribution is 2.26. The normalized spacial score (nSPS) is 42.6. The fraction of sp³-hybridized carbons (Fsp3) is 1.00. The summed E-state index contributed by atoms with van der Waals surface area (Å²) in [6.45, 7) is 4.66. The van der Waals surface area contributed by atoms with Crippen molar-refractivity contribution in [3.63, 3.8) is 0 Å². The minimum absolute atomic E-state index is 0.498. The molecule has 2 aliphatic rings. The largest absolute Gasteiger partial charge is 0.381 e. The third-order valence-electron chi connectivity index (χ3n) is 3.95. The first kappa shape index (κ1) is 11.4. The predicted molar refractivity (Wildman–Crippen MR) is 61.6 cm³/mol. The Hall–Kier alpha value is -0.120. The third-order valence-corrected chi connectivity index (χ3v) is 3.95. The molecule has 2 fully saturated rings. The van der Waals surface area contributed by atoms with E-state index < -0.39 is 0 Å². The number of ether oxygens (including phenoxy) is 1. The maximum absolute atomic E-state index is 5.30. The summed E-state index contributed by atoms with van der Waals surface area (Å²) in [5.74, 6) is 0. The van der Waals surface area contributed by atoms with E-state index in [2.05, 4.69) is 24.3 Å². The lowest BCUT2D eigenvalue weighted by Gasteiger charge is -2.45. The zero-order valence-corrected chi connectivity index (χ0v) is 10.2. The zero-order valence-electron chi connectivity index (χ0n) is 10.2. The van der Waals surface area contributed by atoms with Crippen LogP contribution in [0.3, 0.4) is 0 Å². The molecule has 0 amide bonds. The molecule has 2 unspecified atom stereocenters. The molecular formula is C12H24N2O. The van der Waals surface area contributed by atoms with E-state index in [0.717, 1.165) is 0 Å². The van der Waals surface area contributed by atoms with E-state index in [1.165, 1.54) is 32.1 Å². The minimum atomic E-state index is 0.498. The number of nitrogens with one attached hydrogen (secondary N) is 1. The molecule has 0 radical (unpaired) electrons. The molecule has 1 N–H and O–H groups in total. The van der Waals surface area contributed by atoms with E-state index in [0.29, 0.717) is 24.2 Å². The van der Waals surface area contributed by atoms with E-state index in [4.69, 9.17) is 4.74 Å².